The Morgan fingerprint density at radius 3 is 2.17 bits per heavy atom. The normalized spacial score (nSPS) is 10.8. The summed E-state index contributed by atoms with van der Waals surface area (Å²) in [4.78, 5) is 34.9. The van der Waals surface area contributed by atoms with E-state index in [1.807, 2.05) is 42.5 Å². The lowest BCUT2D eigenvalue weighted by molar-refractivity contribution is -0.139. The first kappa shape index (κ1) is 21.6. The third-order valence-corrected chi connectivity index (χ3v) is 3.60. The van der Waals surface area contributed by atoms with Crippen molar-refractivity contribution in [3.63, 3.8) is 0 Å². The number of nitrogens with zero attached hydrogens (tertiary/aromatic N) is 1. The third kappa shape index (κ3) is 7.81. The van der Waals surface area contributed by atoms with Crippen LogP contribution in [0.3, 0.4) is 0 Å². The van der Waals surface area contributed by atoms with Crippen LogP contribution in [0.15, 0.2) is 59.7 Å². The summed E-state index contributed by atoms with van der Waals surface area (Å²) in [6.07, 6.45) is -0.0530. The van der Waals surface area contributed by atoms with E-state index in [2.05, 4.69) is 26.5 Å². The highest BCUT2D eigenvalue weighted by molar-refractivity contribution is 6.35. The van der Waals surface area contributed by atoms with Crippen LogP contribution in [0, 0.1) is 0 Å². The monoisotopic (exact) mass is 397 g/mol. The van der Waals surface area contributed by atoms with Crippen molar-refractivity contribution in [3.8, 4) is 0 Å². The van der Waals surface area contributed by atoms with E-state index in [0.717, 1.165) is 11.4 Å². The average Bonchev–Trinajstić information content (AvgIpc) is 2.72. The zero-order chi connectivity index (χ0) is 21.1. The lowest BCUT2D eigenvalue weighted by Crippen LogP contribution is -2.39. The number of rotatable bonds is 8. The first-order valence-electron chi connectivity index (χ1n) is 8.92. The van der Waals surface area contributed by atoms with Crippen molar-refractivity contribution in [2.24, 2.45) is 5.10 Å². The quantitative estimate of drug-likeness (QED) is 0.261. The molecule has 0 aliphatic carbocycles. The van der Waals surface area contributed by atoms with E-state index in [1.54, 1.807) is 19.1 Å². The summed E-state index contributed by atoms with van der Waals surface area (Å²) in [5.41, 5.74) is 4.85. The number of carbonyl (C=O) groups excluding carboxylic acids is 3. The third-order valence-electron chi connectivity index (χ3n) is 3.60. The minimum atomic E-state index is -0.972. The van der Waals surface area contributed by atoms with Crippen molar-refractivity contribution in [2.45, 2.75) is 13.3 Å². The molecule has 0 heterocycles. The van der Waals surface area contributed by atoms with E-state index in [-0.39, 0.29) is 25.5 Å². The van der Waals surface area contributed by atoms with Gasteiger partial charge in [0.2, 0.25) is 5.91 Å². The van der Waals surface area contributed by atoms with Gasteiger partial charge < -0.3 is 21.1 Å². The Morgan fingerprint density at radius 2 is 1.52 bits per heavy atom. The van der Waals surface area contributed by atoms with Crippen molar-refractivity contribution in [1.29, 1.82) is 0 Å². The van der Waals surface area contributed by atoms with Gasteiger partial charge in [0.15, 0.2) is 0 Å². The van der Waals surface area contributed by atoms with Crippen LogP contribution < -0.4 is 21.4 Å². The Labute approximate surface area is 168 Å². The molecule has 29 heavy (non-hydrogen) atoms. The first-order chi connectivity index (χ1) is 14.0. The van der Waals surface area contributed by atoms with Gasteiger partial charge in [0.1, 0.15) is 0 Å². The number of aliphatic hydroxyl groups excluding tert-OH is 1. The molecule has 0 saturated carbocycles. The molecule has 0 fully saturated rings. The van der Waals surface area contributed by atoms with E-state index >= 15 is 0 Å². The van der Waals surface area contributed by atoms with Crippen LogP contribution in [0.25, 0.3) is 0 Å². The van der Waals surface area contributed by atoms with Crippen molar-refractivity contribution in [3.05, 3.63) is 54.6 Å². The minimum Gasteiger partial charge on any atom is -0.395 e. The summed E-state index contributed by atoms with van der Waals surface area (Å²) in [6, 6.07) is 16.9. The molecule has 5 N–H and O–H groups in total. The Kier molecular flexibility index (Phi) is 8.33. The van der Waals surface area contributed by atoms with Gasteiger partial charge in [0, 0.05) is 29.3 Å². The number of benzene rings is 2. The highest BCUT2D eigenvalue weighted by atomic mass is 16.3. The second-order valence-electron chi connectivity index (χ2n) is 6.06. The standard InChI is InChI=1S/C20H23N5O4/c1-14(24-25-20(29)19(28)21-11-12-26)13-18(27)23-17-9-7-16(8-10-17)22-15-5-3-2-4-6-15/h2-10,22,26H,11-13H2,1H3,(H,21,28)(H,23,27)(H,25,29). The van der Waals surface area contributed by atoms with Crippen LogP contribution in [0.2, 0.25) is 0 Å². The molecule has 0 radical (unpaired) electrons. The summed E-state index contributed by atoms with van der Waals surface area (Å²) in [5, 5.41) is 20.5. The minimum absolute atomic E-state index is 0.0307. The highest BCUT2D eigenvalue weighted by Crippen LogP contribution is 2.18. The average molecular weight is 397 g/mol. The zero-order valence-electron chi connectivity index (χ0n) is 15.9. The Balaban J connectivity index is 1.80. The van der Waals surface area contributed by atoms with Crippen LogP contribution in [-0.4, -0.2) is 41.7 Å². The Bertz CT molecular complexity index is 866. The van der Waals surface area contributed by atoms with E-state index in [9.17, 15) is 14.4 Å². The number of aliphatic hydroxyl groups is 1. The predicted molar refractivity (Wildman–Crippen MR) is 111 cm³/mol. The summed E-state index contributed by atoms with van der Waals surface area (Å²) in [6.45, 7) is 1.25. The molecule has 0 spiro atoms. The topological polar surface area (TPSA) is 132 Å². The molecular formula is C20H23N5O4. The van der Waals surface area contributed by atoms with Gasteiger partial charge in [0.25, 0.3) is 0 Å². The molecule has 152 valence electrons. The van der Waals surface area contributed by atoms with Crippen molar-refractivity contribution in [2.75, 3.05) is 23.8 Å². The number of amides is 3. The number of nitrogens with one attached hydrogen (secondary N) is 4. The number of hydrazone groups is 1. The molecular weight excluding hydrogens is 374 g/mol. The smallest absolute Gasteiger partial charge is 0.329 e. The fraction of sp³-hybridized carbons (Fsp3) is 0.200. The van der Waals surface area contributed by atoms with Crippen molar-refractivity contribution >= 4 is 40.5 Å². The predicted octanol–water partition coefficient (Wildman–Crippen LogP) is 1.36. The van der Waals surface area contributed by atoms with Crippen LogP contribution in [0.4, 0.5) is 17.1 Å². The van der Waals surface area contributed by atoms with Gasteiger partial charge in [-0.15, -0.1) is 0 Å². The molecule has 2 rings (SSSR count). The molecule has 0 bridgehead atoms. The fourth-order valence-electron chi connectivity index (χ4n) is 2.25. The number of para-hydroxylation sites is 1. The SMILES string of the molecule is CC(CC(=O)Nc1ccc(Nc2ccccc2)cc1)=NNC(=O)C(=O)NCCO. The molecule has 0 aliphatic heterocycles. The summed E-state index contributed by atoms with van der Waals surface area (Å²) < 4.78 is 0. The lowest BCUT2D eigenvalue weighted by Gasteiger charge is -2.09. The maximum atomic E-state index is 12.1. The second-order valence-corrected chi connectivity index (χ2v) is 6.06. The lowest BCUT2D eigenvalue weighted by atomic mass is 10.2. The van der Waals surface area contributed by atoms with Crippen molar-refractivity contribution in [1.82, 2.24) is 10.7 Å². The molecule has 0 saturated heterocycles. The molecule has 0 atom stereocenters. The van der Waals surface area contributed by atoms with E-state index in [0.29, 0.717) is 11.4 Å². The molecule has 0 aromatic heterocycles. The second kappa shape index (κ2) is 11.2. The maximum absolute atomic E-state index is 12.1. The molecule has 2 aromatic carbocycles. The van der Waals surface area contributed by atoms with Crippen LogP contribution in [0.5, 0.6) is 0 Å². The van der Waals surface area contributed by atoms with E-state index < -0.39 is 11.8 Å². The molecule has 0 unspecified atom stereocenters. The van der Waals surface area contributed by atoms with Gasteiger partial charge >= 0.3 is 11.8 Å². The Hall–Kier alpha value is -3.72. The van der Waals surface area contributed by atoms with Crippen LogP contribution >= 0.6 is 0 Å². The molecule has 0 aliphatic rings. The number of hydrogen-bond donors (Lipinski definition) is 5. The molecule has 9 heteroatoms. The van der Waals surface area contributed by atoms with Crippen LogP contribution in [-0.2, 0) is 14.4 Å². The first-order valence-corrected chi connectivity index (χ1v) is 8.92. The van der Waals surface area contributed by atoms with Gasteiger partial charge in [-0.05, 0) is 43.3 Å². The van der Waals surface area contributed by atoms with Gasteiger partial charge in [0.05, 0.1) is 13.0 Å². The molecule has 3 amide bonds. The maximum Gasteiger partial charge on any atom is 0.329 e. The largest absolute Gasteiger partial charge is 0.395 e. The van der Waals surface area contributed by atoms with Gasteiger partial charge in [-0.1, -0.05) is 18.2 Å². The van der Waals surface area contributed by atoms with E-state index in [1.165, 1.54) is 0 Å². The molecule has 2 aromatic rings. The number of carbonyl (C=O) groups is 3. The van der Waals surface area contributed by atoms with Gasteiger partial charge in [-0.2, -0.15) is 5.10 Å². The molecule has 9 nitrogen and oxygen atoms in total. The zero-order valence-corrected chi connectivity index (χ0v) is 15.9. The highest BCUT2D eigenvalue weighted by Gasteiger charge is 2.12. The summed E-state index contributed by atoms with van der Waals surface area (Å²) in [5.74, 6) is -2.20. The van der Waals surface area contributed by atoms with Gasteiger partial charge in [-0.25, -0.2) is 5.43 Å². The summed E-state index contributed by atoms with van der Waals surface area (Å²) in [7, 11) is 0. The fourth-order valence-corrected chi connectivity index (χ4v) is 2.25. The number of anilines is 3. The van der Waals surface area contributed by atoms with Gasteiger partial charge in [-0.3, -0.25) is 14.4 Å². The van der Waals surface area contributed by atoms with E-state index in [4.69, 9.17) is 5.11 Å². The Morgan fingerprint density at radius 1 is 0.897 bits per heavy atom. The van der Waals surface area contributed by atoms with Crippen molar-refractivity contribution < 1.29 is 19.5 Å². The number of hydrogen-bond acceptors (Lipinski definition) is 6. The van der Waals surface area contributed by atoms with Crippen LogP contribution in [0.1, 0.15) is 13.3 Å². The summed E-state index contributed by atoms with van der Waals surface area (Å²) >= 11 is 0.